The fourth-order valence-electron chi connectivity index (χ4n) is 3.56. The molecule has 1 fully saturated rings. The minimum Gasteiger partial charge on any atom is -0.494 e. The van der Waals surface area contributed by atoms with Crippen molar-refractivity contribution < 1.29 is 9.53 Å². The molecule has 0 radical (unpaired) electrons. The molecule has 1 unspecified atom stereocenters. The lowest BCUT2D eigenvalue weighted by molar-refractivity contribution is -0.122. The summed E-state index contributed by atoms with van der Waals surface area (Å²) in [5.74, 6) is 2.24. The van der Waals surface area contributed by atoms with Crippen molar-refractivity contribution in [2.75, 3.05) is 19.7 Å². The maximum Gasteiger partial charge on any atom is 0.220 e. The van der Waals surface area contributed by atoms with Crippen molar-refractivity contribution in [3.63, 3.8) is 0 Å². The molecule has 0 spiro atoms. The maximum absolute atomic E-state index is 12.6. The van der Waals surface area contributed by atoms with Crippen LogP contribution in [0.4, 0.5) is 0 Å². The number of hydrogen-bond donors (Lipinski definition) is 2. The summed E-state index contributed by atoms with van der Waals surface area (Å²) in [4.78, 5) is 12.6. The van der Waals surface area contributed by atoms with Gasteiger partial charge in [-0.05, 0) is 63.6 Å². The van der Waals surface area contributed by atoms with Crippen molar-refractivity contribution in [2.45, 2.75) is 58.9 Å². The van der Waals surface area contributed by atoms with Crippen molar-refractivity contribution in [1.29, 1.82) is 0 Å². The summed E-state index contributed by atoms with van der Waals surface area (Å²) in [7, 11) is 0. The number of piperidine rings is 1. The molecule has 0 aliphatic carbocycles. The highest BCUT2D eigenvalue weighted by Crippen LogP contribution is 2.30. The molecule has 1 saturated heterocycles. The first-order valence-electron chi connectivity index (χ1n) is 9.82. The molecule has 1 aliphatic heterocycles. The maximum atomic E-state index is 12.6. The van der Waals surface area contributed by atoms with Crippen LogP contribution >= 0.6 is 12.4 Å². The van der Waals surface area contributed by atoms with Gasteiger partial charge in [0.1, 0.15) is 5.75 Å². The molecule has 4 nitrogen and oxygen atoms in total. The average Bonchev–Trinajstić information content (AvgIpc) is 2.61. The lowest BCUT2D eigenvalue weighted by Crippen LogP contribution is -2.31. The Kier molecular flexibility index (Phi) is 10.7. The topological polar surface area (TPSA) is 50.4 Å². The van der Waals surface area contributed by atoms with Crippen LogP contribution in [0.15, 0.2) is 24.3 Å². The van der Waals surface area contributed by atoms with E-state index < -0.39 is 0 Å². The van der Waals surface area contributed by atoms with E-state index in [0.29, 0.717) is 24.9 Å². The quantitative estimate of drug-likeness (QED) is 0.661. The van der Waals surface area contributed by atoms with E-state index in [4.69, 9.17) is 4.74 Å². The number of hydrogen-bond acceptors (Lipinski definition) is 3. The molecule has 1 aliphatic rings. The Labute approximate surface area is 164 Å². The smallest absolute Gasteiger partial charge is 0.220 e. The zero-order valence-electron chi connectivity index (χ0n) is 16.4. The van der Waals surface area contributed by atoms with Gasteiger partial charge < -0.3 is 15.4 Å². The Bertz CT molecular complexity index is 530. The molecule has 0 aromatic heterocycles. The fraction of sp³-hybridized carbons (Fsp3) is 0.667. The number of carbonyl (C=O) groups is 1. The average molecular weight is 383 g/mol. The second kappa shape index (κ2) is 12.2. The van der Waals surface area contributed by atoms with Gasteiger partial charge in [-0.15, -0.1) is 12.4 Å². The van der Waals surface area contributed by atoms with E-state index in [1.807, 2.05) is 25.1 Å². The van der Waals surface area contributed by atoms with E-state index in [-0.39, 0.29) is 24.4 Å². The summed E-state index contributed by atoms with van der Waals surface area (Å²) in [6.45, 7) is 9.18. The van der Waals surface area contributed by atoms with Gasteiger partial charge in [-0.2, -0.15) is 0 Å². The third-order valence-electron chi connectivity index (χ3n) is 4.87. The first-order valence-corrected chi connectivity index (χ1v) is 9.82. The van der Waals surface area contributed by atoms with Gasteiger partial charge in [-0.25, -0.2) is 0 Å². The van der Waals surface area contributed by atoms with E-state index >= 15 is 0 Å². The van der Waals surface area contributed by atoms with E-state index in [1.165, 1.54) is 12.8 Å². The van der Waals surface area contributed by atoms with Crippen molar-refractivity contribution in [3.8, 4) is 5.75 Å². The standard InChI is InChI=1S/C21H34N2O2.ClH/c1-4-25-20-8-6-5-7-18(20)19(15-16(2)3)23-21(24)10-9-17-11-13-22-14-12-17;/h5-8,16-17,19,22H,4,9-15H2,1-3H3,(H,23,24);1H. The molecule has 0 bridgehead atoms. The van der Waals surface area contributed by atoms with Crippen LogP contribution in [-0.2, 0) is 4.79 Å². The Morgan fingerprint density at radius 3 is 2.62 bits per heavy atom. The number of para-hydroxylation sites is 1. The van der Waals surface area contributed by atoms with E-state index in [0.717, 1.165) is 37.2 Å². The summed E-state index contributed by atoms with van der Waals surface area (Å²) < 4.78 is 5.78. The number of nitrogens with one attached hydrogen (secondary N) is 2. The summed E-state index contributed by atoms with van der Waals surface area (Å²) in [6, 6.07) is 8.09. The number of amides is 1. The van der Waals surface area contributed by atoms with Gasteiger partial charge in [0, 0.05) is 12.0 Å². The third kappa shape index (κ3) is 7.55. The molecule has 26 heavy (non-hydrogen) atoms. The van der Waals surface area contributed by atoms with E-state index in [2.05, 4.69) is 30.5 Å². The number of rotatable bonds is 9. The second-order valence-corrected chi connectivity index (χ2v) is 7.45. The van der Waals surface area contributed by atoms with E-state index in [9.17, 15) is 4.79 Å². The molecule has 2 N–H and O–H groups in total. The predicted octanol–water partition coefficient (Wildman–Crippen LogP) is 4.49. The van der Waals surface area contributed by atoms with Crippen LogP contribution in [0.5, 0.6) is 5.75 Å². The van der Waals surface area contributed by atoms with Gasteiger partial charge in [-0.1, -0.05) is 32.0 Å². The normalized spacial score (nSPS) is 16.0. The van der Waals surface area contributed by atoms with Gasteiger partial charge >= 0.3 is 0 Å². The van der Waals surface area contributed by atoms with Crippen LogP contribution in [0.3, 0.4) is 0 Å². The first kappa shape index (κ1) is 22.8. The number of benzene rings is 1. The lowest BCUT2D eigenvalue weighted by atomic mass is 9.92. The molecule has 1 aromatic carbocycles. The highest BCUT2D eigenvalue weighted by molar-refractivity contribution is 5.85. The third-order valence-corrected chi connectivity index (χ3v) is 4.87. The summed E-state index contributed by atoms with van der Waals surface area (Å²) in [5, 5.41) is 6.65. The van der Waals surface area contributed by atoms with Crippen molar-refractivity contribution in [2.24, 2.45) is 11.8 Å². The van der Waals surface area contributed by atoms with Crippen LogP contribution in [0.2, 0.25) is 0 Å². The van der Waals surface area contributed by atoms with Gasteiger partial charge in [-0.3, -0.25) is 4.79 Å². The SMILES string of the molecule is CCOc1ccccc1C(CC(C)C)NC(=O)CCC1CCNCC1.Cl. The predicted molar refractivity (Wildman–Crippen MR) is 110 cm³/mol. The summed E-state index contributed by atoms with van der Waals surface area (Å²) in [6.07, 6.45) is 4.92. The van der Waals surface area contributed by atoms with Crippen LogP contribution in [0.1, 0.15) is 64.5 Å². The highest BCUT2D eigenvalue weighted by atomic mass is 35.5. The monoisotopic (exact) mass is 382 g/mol. The molecule has 0 saturated carbocycles. The van der Waals surface area contributed by atoms with Crippen LogP contribution in [0.25, 0.3) is 0 Å². The molecule has 5 heteroatoms. The molecule has 148 valence electrons. The Balaban J connectivity index is 0.00000338. The van der Waals surface area contributed by atoms with Gasteiger partial charge in [0.05, 0.1) is 12.6 Å². The van der Waals surface area contributed by atoms with Gasteiger partial charge in [0.2, 0.25) is 5.91 Å². The summed E-state index contributed by atoms with van der Waals surface area (Å²) >= 11 is 0. The molecular weight excluding hydrogens is 348 g/mol. The minimum absolute atomic E-state index is 0. The first-order chi connectivity index (χ1) is 12.1. The largest absolute Gasteiger partial charge is 0.494 e. The molecule has 2 rings (SSSR count). The molecular formula is C21H35ClN2O2. The number of carbonyl (C=O) groups excluding carboxylic acids is 1. The van der Waals surface area contributed by atoms with Crippen molar-refractivity contribution in [3.05, 3.63) is 29.8 Å². The zero-order chi connectivity index (χ0) is 18.1. The second-order valence-electron chi connectivity index (χ2n) is 7.45. The van der Waals surface area contributed by atoms with Crippen LogP contribution in [0, 0.1) is 11.8 Å². The van der Waals surface area contributed by atoms with Crippen molar-refractivity contribution in [1.82, 2.24) is 10.6 Å². The number of halogens is 1. The molecule has 1 aromatic rings. The fourth-order valence-corrected chi connectivity index (χ4v) is 3.56. The molecule has 1 amide bonds. The highest BCUT2D eigenvalue weighted by Gasteiger charge is 2.21. The Morgan fingerprint density at radius 2 is 1.96 bits per heavy atom. The van der Waals surface area contributed by atoms with Gasteiger partial charge in [0.25, 0.3) is 0 Å². The van der Waals surface area contributed by atoms with Crippen LogP contribution < -0.4 is 15.4 Å². The Morgan fingerprint density at radius 1 is 1.27 bits per heavy atom. The molecule has 1 atom stereocenters. The zero-order valence-corrected chi connectivity index (χ0v) is 17.2. The minimum atomic E-state index is 0. The van der Waals surface area contributed by atoms with Crippen LogP contribution in [-0.4, -0.2) is 25.6 Å². The number of ether oxygens (including phenoxy) is 1. The molecule has 1 heterocycles. The van der Waals surface area contributed by atoms with Crippen molar-refractivity contribution >= 4 is 18.3 Å². The lowest BCUT2D eigenvalue weighted by Gasteiger charge is -2.25. The van der Waals surface area contributed by atoms with Gasteiger partial charge in [0.15, 0.2) is 0 Å². The van der Waals surface area contributed by atoms with E-state index in [1.54, 1.807) is 0 Å². The Hall–Kier alpha value is -1.26. The summed E-state index contributed by atoms with van der Waals surface area (Å²) in [5.41, 5.74) is 1.09.